The molecule has 0 amide bonds. The monoisotopic (exact) mass is 310 g/mol. The Balaban J connectivity index is 1.53. The molecule has 2 aromatic rings. The van der Waals surface area contributed by atoms with Gasteiger partial charge in [-0.15, -0.1) is 0 Å². The zero-order valence-corrected chi connectivity index (χ0v) is 12.9. The van der Waals surface area contributed by atoms with E-state index in [9.17, 15) is 4.39 Å². The number of hydrogen-bond acceptors (Lipinski definition) is 4. The number of nitriles is 1. The lowest BCUT2D eigenvalue weighted by atomic mass is 10.1. The second-order valence-corrected chi connectivity index (χ2v) is 5.90. The molecule has 1 aliphatic heterocycles. The maximum absolute atomic E-state index is 13.9. The molecule has 4 nitrogen and oxygen atoms in total. The number of anilines is 1. The van der Waals surface area contributed by atoms with Gasteiger partial charge in [0, 0.05) is 31.4 Å². The molecule has 1 fully saturated rings. The van der Waals surface area contributed by atoms with Gasteiger partial charge >= 0.3 is 0 Å². The summed E-state index contributed by atoms with van der Waals surface area (Å²) < 4.78 is 13.9. The Kier molecular flexibility index (Phi) is 4.84. The predicted molar refractivity (Wildman–Crippen MR) is 87.2 cm³/mol. The molecule has 0 bridgehead atoms. The van der Waals surface area contributed by atoms with E-state index < -0.39 is 0 Å². The highest BCUT2D eigenvalue weighted by Crippen LogP contribution is 2.21. The summed E-state index contributed by atoms with van der Waals surface area (Å²) in [6.45, 7) is 3.30. The van der Waals surface area contributed by atoms with Gasteiger partial charge < -0.3 is 5.32 Å². The maximum atomic E-state index is 13.9. The number of halogens is 1. The molecule has 1 N–H and O–H groups in total. The molecule has 1 aromatic heterocycles. The average molecular weight is 310 g/mol. The van der Waals surface area contributed by atoms with Gasteiger partial charge in [0.2, 0.25) is 0 Å². The van der Waals surface area contributed by atoms with Gasteiger partial charge in [0.05, 0.1) is 11.6 Å². The minimum absolute atomic E-state index is 0.237. The van der Waals surface area contributed by atoms with Crippen LogP contribution in [0.3, 0.4) is 0 Å². The number of aromatic nitrogens is 1. The minimum Gasteiger partial charge on any atom is -0.370 e. The molecule has 2 heterocycles. The molecule has 0 saturated carbocycles. The maximum Gasteiger partial charge on any atom is 0.127 e. The van der Waals surface area contributed by atoms with Crippen LogP contribution in [0.1, 0.15) is 17.5 Å². The van der Waals surface area contributed by atoms with E-state index in [0.29, 0.717) is 23.6 Å². The molecule has 0 radical (unpaired) electrons. The highest BCUT2D eigenvalue weighted by molar-refractivity contribution is 5.34. The van der Waals surface area contributed by atoms with E-state index in [-0.39, 0.29) is 5.82 Å². The second-order valence-electron chi connectivity index (χ2n) is 5.90. The van der Waals surface area contributed by atoms with Crippen molar-refractivity contribution in [1.82, 2.24) is 9.88 Å². The van der Waals surface area contributed by atoms with Crippen LogP contribution in [0.4, 0.5) is 10.2 Å². The Labute approximate surface area is 135 Å². The second kappa shape index (κ2) is 7.21. The van der Waals surface area contributed by atoms with Crippen LogP contribution in [0.15, 0.2) is 42.6 Å². The number of rotatable bonds is 5. The molecule has 1 atom stereocenters. The van der Waals surface area contributed by atoms with Gasteiger partial charge in [-0.25, -0.2) is 9.37 Å². The van der Waals surface area contributed by atoms with Crippen LogP contribution < -0.4 is 5.32 Å². The van der Waals surface area contributed by atoms with Crippen molar-refractivity contribution < 1.29 is 4.39 Å². The third kappa shape index (κ3) is 4.05. The fraction of sp³-hybridized carbons (Fsp3) is 0.333. The Morgan fingerprint density at radius 1 is 1.35 bits per heavy atom. The summed E-state index contributed by atoms with van der Waals surface area (Å²) >= 11 is 0. The van der Waals surface area contributed by atoms with Crippen LogP contribution in [0, 0.1) is 23.1 Å². The van der Waals surface area contributed by atoms with Crippen LogP contribution in [0.25, 0.3) is 0 Å². The van der Waals surface area contributed by atoms with Crippen LogP contribution >= 0.6 is 0 Å². The smallest absolute Gasteiger partial charge is 0.127 e. The summed E-state index contributed by atoms with van der Waals surface area (Å²) in [4.78, 5) is 6.49. The average Bonchev–Trinajstić information content (AvgIpc) is 3.03. The van der Waals surface area contributed by atoms with E-state index >= 15 is 0 Å². The van der Waals surface area contributed by atoms with Gasteiger partial charge in [0.25, 0.3) is 0 Å². The predicted octanol–water partition coefficient (Wildman–Crippen LogP) is 3.03. The first-order valence-electron chi connectivity index (χ1n) is 7.80. The SMILES string of the molecule is N#Cc1ccc(F)c(CN2CC[C@@H](CNc3ccccn3)C2)c1. The van der Waals surface area contributed by atoms with Gasteiger partial charge in [0.15, 0.2) is 0 Å². The van der Waals surface area contributed by atoms with E-state index in [1.54, 1.807) is 12.3 Å². The molecule has 118 valence electrons. The van der Waals surface area contributed by atoms with E-state index in [4.69, 9.17) is 5.26 Å². The fourth-order valence-electron chi connectivity index (χ4n) is 2.95. The summed E-state index contributed by atoms with van der Waals surface area (Å²) in [5.41, 5.74) is 1.11. The lowest BCUT2D eigenvalue weighted by Gasteiger charge is -2.17. The number of benzene rings is 1. The van der Waals surface area contributed by atoms with Gasteiger partial charge in [-0.3, -0.25) is 4.90 Å². The topological polar surface area (TPSA) is 52.0 Å². The van der Waals surface area contributed by atoms with Crippen molar-refractivity contribution in [1.29, 1.82) is 5.26 Å². The first-order chi connectivity index (χ1) is 11.2. The zero-order valence-electron chi connectivity index (χ0n) is 12.9. The zero-order chi connectivity index (χ0) is 16.1. The normalized spacial score (nSPS) is 17.8. The van der Waals surface area contributed by atoms with Crippen molar-refractivity contribution in [3.8, 4) is 6.07 Å². The first kappa shape index (κ1) is 15.4. The molecule has 3 rings (SSSR count). The number of nitrogens with one attached hydrogen (secondary N) is 1. The van der Waals surface area contributed by atoms with Crippen LogP contribution in [-0.2, 0) is 6.54 Å². The third-order valence-corrected chi connectivity index (χ3v) is 4.18. The molecule has 23 heavy (non-hydrogen) atoms. The van der Waals surface area contributed by atoms with Gasteiger partial charge in [-0.2, -0.15) is 5.26 Å². The third-order valence-electron chi connectivity index (χ3n) is 4.18. The standard InChI is InChI=1S/C18H19FN4/c19-17-5-4-14(10-20)9-16(17)13-23-8-6-15(12-23)11-22-18-3-1-2-7-21-18/h1-5,7,9,15H,6,8,11-13H2,(H,21,22)/t15-/m0/s1. The van der Waals surface area contributed by atoms with Crippen molar-refractivity contribution in [2.75, 3.05) is 25.0 Å². The van der Waals surface area contributed by atoms with E-state index in [2.05, 4.69) is 21.3 Å². The number of likely N-dealkylation sites (tertiary alicyclic amines) is 1. The molecule has 1 aromatic carbocycles. The molecule has 0 spiro atoms. The summed E-state index contributed by atoms with van der Waals surface area (Å²) in [6.07, 6.45) is 2.85. The summed E-state index contributed by atoms with van der Waals surface area (Å²) in [5.74, 6) is 1.18. The summed E-state index contributed by atoms with van der Waals surface area (Å²) in [5, 5.41) is 12.3. The Morgan fingerprint density at radius 3 is 3.04 bits per heavy atom. The molecular weight excluding hydrogens is 291 g/mol. The molecule has 1 aliphatic rings. The fourth-order valence-corrected chi connectivity index (χ4v) is 2.95. The quantitative estimate of drug-likeness (QED) is 0.922. The Morgan fingerprint density at radius 2 is 2.26 bits per heavy atom. The number of hydrogen-bond donors (Lipinski definition) is 1. The van der Waals surface area contributed by atoms with Gasteiger partial charge in [-0.1, -0.05) is 6.07 Å². The Bertz CT molecular complexity index is 696. The largest absolute Gasteiger partial charge is 0.370 e. The highest BCUT2D eigenvalue weighted by Gasteiger charge is 2.23. The van der Waals surface area contributed by atoms with Crippen LogP contribution in [0.2, 0.25) is 0 Å². The van der Waals surface area contributed by atoms with Crippen LogP contribution in [-0.4, -0.2) is 29.5 Å². The number of nitrogens with zero attached hydrogens (tertiary/aromatic N) is 3. The molecule has 5 heteroatoms. The summed E-state index contributed by atoms with van der Waals surface area (Å²) in [7, 11) is 0. The van der Waals surface area contributed by atoms with E-state index in [1.165, 1.54) is 12.1 Å². The Hall–Kier alpha value is -2.45. The molecular formula is C18H19FN4. The summed E-state index contributed by atoms with van der Waals surface area (Å²) in [6, 6.07) is 12.4. The molecule has 0 aliphatic carbocycles. The van der Waals surface area contributed by atoms with Crippen molar-refractivity contribution in [2.24, 2.45) is 5.92 Å². The van der Waals surface area contributed by atoms with Crippen molar-refractivity contribution in [3.05, 3.63) is 59.5 Å². The highest BCUT2D eigenvalue weighted by atomic mass is 19.1. The van der Waals surface area contributed by atoms with Crippen molar-refractivity contribution in [2.45, 2.75) is 13.0 Å². The van der Waals surface area contributed by atoms with E-state index in [0.717, 1.165) is 31.9 Å². The van der Waals surface area contributed by atoms with Crippen molar-refractivity contribution >= 4 is 5.82 Å². The van der Waals surface area contributed by atoms with Gasteiger partial charge in [0.1, 0.15) is 11.6 Å². The number of pyridine rings is 1. The van der Waals surface area contributed by atoms with Crippen molar-refractivity contribution in [3.63, 3.8) is 0 Å². The minimum atomic E-state index is -0.237. The molecule has 0 unspecified atom stereocenters. The lowest BCUT2D eigenvalue weighted by molar-refractivity contribution is 0.313. The van der Waals surface area contributed by atoms with Crippen LogP contribution in [0.5, 0.6) is 0 Å². The lowest BCUT2D eigenvalue weighted by Crippen LogP contribution is -2.23. The first-order valence-corrected chi connectivity index (χ1v) is 7.80. The van der Waals surface area contributed by atoms with E-state index in [1.807, 2.05) is 18.2 Å². The van der Waals surface area contributed by atoms with Gasteiger partial charge in [-0.05, 0) is 49.2 Å². The molecule has 1 saturated heterocycles.